The maximum atomic E-state index is 13.1. The summed E-state index contributed by atoms with van der Waals surface area (Å²) in [5.41, 5.74) is 0.0174. The molecule has 3 rings (SSSR count). The van der Waals surface area contributed by atoms with Crippen LogP contribution in [-0.2, 0) is 9.53 Å². The van der Waals surface area contributed by atoms with Gasteiger partial charge in [0, 0.05) is 38.9 Å². The van der Waals surface area contributed by atoms with E-state index in [1.165, 1.54) is 24.3 Å². The molecule has 1 aromatic rings. The molecular formula is C19H26FN3O3. The Morgan fingerprint density at radius 2 is 1.65 bits per heavy atom. The number of carbonyl (C=O) groups excluding carboxylic acids is 2. The normalized spacial score (nSPS) is 20.1. The molecule has 142 valence electrons. The molecule has 0 radical (unpaired) electrons. The van der Waals surface area contributed by atoms with E-state index in [0.29, 0.717) is 38.3 Å². The first-order valence-electron chi connectivity index (χ1n) is 9.10. The Hall–Kier alpha value is -1.99. The molecule has 2 saturated heterocycles. The predicted octanol–water partition coefficient (Wildman–Crippen LogP) is 1.13. The highest BCUT2D eigenvalue weighted by Gasteiger charge is 2.43. The average molecular weight is 363 g/mol. The molecule has 2 aliphatic rings. The second-order valence-corrected chi connectivity index (χ2v) is 7.05. The van der Waals surface area contributed by atoms with Crippen molar-refractivity contribution in [1.82, 2.24) is 15.1 Å². The minimum Gasteiger partial charge on any atom is -0.384 e. The number of halogens is 1. The van der Waals surface area contributed by atoms with Crippen molar-refractivity contribution in [3.05, 3.63) is 35.6 Å². The van der Waals surface area contributed by atoms with Crippen molar-refractivity contribution in [2.24, 2.45) is 5.41 Å². The molecule has 2 heterocycles. The zero-order valence-electron chi connectivity index (χ0n) is 15.2. The molecule has 7 heteroatoms. The Balaban J connectivity index is 1.61. The fourth-order valence-electron chi connectivity index (χ4n) is 3.82. The van der Waals surface area contributed by atoms with Crippen LogP contribution in [0.15, 0.2) is 24.3 Å². The summed E-state index contributed by atoms with van der Waals surface area (Å²) in [4.78, 5) is 29.2. The van der Waals surface area contributed by atoms with Crippen LogP contribution < -0.4 is 5.32 Å². The zero-order chi connectivity index (χ0) is 18.6. The average Bonchev–Trinajstić information content (AvgIpc) is 2.68. The van der Waals surface area contributed by atoms with Crippen molar-refractivity contribution < 1.29 is 18.7 Å². The largest absolute Gasteiger partial charge is 0.384 e. The third-order valence-corrected chi connectivity index (χ3v) is 5.38. The number of piperidine rings is 1. The fourth-order valence-corrected chi connectivity index (χ4v) is 3.82. The molecule has 0 aliphatic carbocycles. The smallest absolute Gasteiger partial charge is 0.253 e. The number of ether oxygens (including phenoxy) is 1. The Labute approximate surface area is 153 Å². The van der Waals surface area contributed by atoms with Gasteiger partial charge >= 0.3 is 0 Å². The highest BCUT2D eigenvalue weighted by molar-refractivity contribution is 5.94. The summed E-state index contributed by atoms with van der Waals surface area (Å²) in [6.07, 6.45) is 1.54. The number of piperazine rings is 1. The van der Waals surface area contributed by atoms with Gasteiger partial charge in [-0.05, 0) is 50.2 Å². The van der Waals surface area contributed by atoms with Crippen LogP contribution in [0.2, 0.25) is 0 Å². The second-order valence-electron chi connectivity index (χ2n) is 7.05. The minimum atomic E-state index is -0.455. The number of carbonyl (C=O) groups is 2. The first-order chi connectivity index (χ1) is 12.6. The van der Waals surface area contributed by atoms with Crippen LogP contribution in [0.4, 0.5) is 4.39 Å². The standard InChI is InChI=1S/C19H26FN3O3/c1-26-14-19(6-8-21-9-7-19)18(25)23-12-10-22(11-13-23)17(24)15-2-4-16(20)5-3-15/h2-5,21H,6-14H2,1H3. The quantitative estimate of drug-likeness (QED) is 0.871. The van der Waals surface area contributed by atoms with Gasteiger partial charge in [-0.15, -0.1) is 0 Å². The Bertz CT molecular complexity index is 630. The van der Waals surface area contributed by atoms with Crippen LogP contribution in [-0.4, -0.2) is 74.6 Å². The lowest BCUT2D eigenvalue weighted by Crippen LogP contribution is -2.57. The van der Waals surface area contributed by atoms with E-state index < -0.39 is 5.41 Å². The molecule has 2 amide bonds. The van der Waals surface area contributed by atoms with Crippen LogP contribution in [0.5, 0.6) is 0 Å². The summed E-state index contributed by atoms with van der Waals surface area (Å²) in [7, 11) is 1.64. The van der Waals surface area contributed by atoms with Crippen molar-refractivity contribution in [3.8, 4) is 0 Å². The second kappa shape index (κ2) is 8.14. The van der Waals surface area contributed by atoms with E-state index in [1.54, 1.807) is 12.0 Å². The molecule has 0 bridgehead atoms. The molecule has 1 N–H and O–H groups in total. The lowest BCUT2D eigenvalue weighted by atomic mass is 9.78. The summed E-state index contributed by atoms with van der Waals surface area (Å²) in [6, 6.07) is 5.58. The van der Waals surface area contributed by atoms with Gasteiger partial charge in [-0.1, -0.05) is 0 Å². The Morgan fingerprint density at radius 1 is 1.08 bits per heavy atom. The van der Waals surface area contributed by atoms with Crippen LogP contribution in [0.1, 0.15) is 23.2 Å². The van der Waals surface area contributed by atoms with Crippen molar-refractivity contribution >= 4 is 11.8 Å². The van der Waals surface area contributed by atoms with Gasteiger partial charge in [-0.25, -0.2) is 4.39 Å². The zero-order valence-corrected chi connectivity index (χ0v) is 15.2. The van der Waals surface area contributed by atoms with Gasteiger partial charge in [0.25, 0.3) is 5.91 Å². The third-order valence-electron chi connectivity index (χ3n) is 5.38. The summed E-state index contributed by atoms with van der Waals surface area (Å²) in [5.74, 6) is -0.345. The van der Waals surface area contributed by atoms with Crippen molar-refractivity contribution in [2.75, 3.05) is 53.0 Å². The number of hydrogen-bond acceptors (Lipinski definition) is 4. The number of amides is 2. The summed E-state index contributed by atoms with van der Waals surface area (Å²) in [6.45, 7) is 4.08. The number of nitrogens with zero attached hydrogens (tertiary/aromatic N) is 2. The van der Waals surface area contributed by atoms with E-state index in [1.807, 2.05) is 4.90 Å². The maximum absolute atomic E-state index is 13.1. The van der Waals surface area contributed by atoms with Crippen LogP contribution in [0, 0.1) is 11.2 Å². The predicted molar refractivity (Wildman–Crippen MR) is 95.3 cm³/mol. The monoisotopic (exact) mass is 363 g/mol. The van der Waals surface area contributed by atoms with Crippen molar-refractivity contribution in [3.63, 3.8) is 0 Å². The molecule has 26 heavy (non-hydrogen) atoms. The lowest BCUT2D eigenvalue weighted by Gasteiger charge is -2.42. The van der Waals surface area contributed by atoms with Gasteiger partial charge in [0.1, 0.15) is 5.82 Å². The first kappa shape index (κ1) is 18.8. The minimum absolute atomic E-state index is 0.120. The van der Waals surface area contributed by atoms with Gasteiger partial charge in [-0.3, -0.25) is 9.59 Å². The molecule has 2 fully saturated rings. The van der Waals surface area contributed by atoms with Gasteiger partial charge in [0.05, 0.1) is 12.0 Å². The number of methoxy groups -OCH3 is 1. The molecule has 1 aromatic carbocycles. The van der Waals surface area contributed by atoms with Crippen LogP contribution >= 0.6 is 0 Å². The summed E-state index contributed by atoms with van der Waals surface area (Å²) < 4.78 is 18.4. The van der Waals surface area contributed by atoms with Crippen LogP contribution in [0.3, 0.4) is 0 Å². The van der Waals surface area contributed by atoms with Crippen molar-refractivity contribution in [2.45, 2.75) is 12.8 Å². The summed E-state index contributed by atoms with van der Waals surface area (Å²) in [5, 5.41) is 3.29. The van der Waals surface area contributed by atoms with E-state index in [9.17, 15) is 14.0 Å². The van der Waals surface area contributed by atoms with Crippen molar-refractivity contribution in [1.29, 1.82) is 0 Å². The van der Waals surface area contributed by atoms with E-state index in [4.69, 9.17) is 4.74 Å². The van der Waals surface area contributed by atoms with Gasteiger partial charge in [-0.2, -0.15) is 0 Å². The van der Waals surface area contributed by atoms with Crippen LogP contribution in [0.25, 0.3) is 0 Å². The molecular weight excluding hydrogens is 337 g/mol. The molecule has 6 nitrogen and oxygen atoms in total. The number of hydrogen-bond donors (Lipinski definition) is 1. The fraction of sp³-hybridized carbons (Fsp3) is 0.579. The van der Waals surface area contributed by atoms with E-state index in [2.05, 4.69) is 5.32 Å². The summed E-state index contributed by atoms with van der Waals surface area (Å²) >= 11 is 0. The van der Waals surface area contributed by atoms with E-state index in [0.717, 1.165) is 25.9 Å². The highest BCUT2D eigenvalue weighted by atomic mass is 19.1. The Kier molecular flexibility index (Phi) is 5.88. The molecule has 0 atom stereocenters. The Morgan fingerprint density at radius 3 is 2.23 bits per heavy atom. The molecule has 0 aromatic heterocycles. The van der Waals surface area contributed by atoms with Gasteiger partial charge < -0.3 is 19.9 Å². The maximum Gasteiger partial charge on any atom is 0.253 e. The SMILES string of the molecule is COCC1(C(=O)N2CCN(C(=O)c3ccc(F)cc3)CC2)CCNCC1. The van der Waals surface area contributed by atoms with Gasteiger partial charge in [0.15, 0.2) is 0 Å². The molecule has 0 unspecified atom stereocenters. The molecule has 0 spiro atoms. The molecule has 0 saturated carbocycles. The van der Waals surface area contributed by atoms with E-state index >= 15 is 0 Å². The topological polar surface area (TPSA) is 61.9 Å². The first-order valence-corrected chi connectivity index (χ1v) is 9.10. The highest BCUT2D eigenvalue weighted by Crippen LogP contribution is 2.32. The lowest BCUT2D eigenvalue weighted by molar-refractivity contribution is -0.149. The van der Waals surface area contributed by atoms with Gasteiger partial charge in [0.2, 0.25) is 5.91 Å². The van der Waals surface area contributed by atoms with E-state index in [-0.39, 0.29) is 17.6 Å². The number of rotatable bonds is 4. The third kappa shape index (κ3) is 3.88. The molecule has 2 aliphatic heterocycles. The number of nitrogens with one attached hydrogen (secondary N) is 1. The number of benzene rings is 1.